The average molecular weight is 375 g/mol. The molecule has 0 saturated carbocycles. The molecule has 2 heterocycles. The van der Waals surface area contributed by atoms with E-state index in [9.17, 15) is 9.59 Å². The van der Waals surface area contributed by atoms with Crippen LogP contribution in [0.3, 0.4) is 0 Å². The fraction of sp³-hybridized carbons (Fsp3) is 0.227. The Morgan fingerprint density at radius 3 is 2.50 bits per heavy atom. The van der Waals surface area contributed by atoms with Crippen LogP contribution in [0.2, 0.25) is 0 Å². The van der Waals surface area contributed by atoms with Crippen molar-refractivity contribution in [2.75, 3.05) is 18.4 Å². The van der Waals surface area contributed by atoms with E-state index < -0.39 is 0 Å². The lowest BCUT2D eigenvalue weighted by molar-refractivity contribution is 0.0792. The average Bonchev–Trinajstić information content (AvgIpc) is 3.42. The Kier molecular flexibility index (Phi) is 4.93. The summed E-state index contributed by atoms with van der Waals surface area (Å²) in [6.45, 7) is 3.49. The standard InChI is InChI=1S/C22H21N3O3/c1-15-13-17(22(27)25-11-5-6-12-25)9-10-18(15)23-21(26)19-14-20(28-24-19)16-7-3-2-4-8-16/h2-4,7-10,13-14H,5-6,11-12H2,1H3,(H,23,26). The Balaban J connectivity index is 1.47. The summed E-state index contributed by atoms with van der Waals surface area (Å²) in [5.74, 6) is 0.226. The maximum absolute atomic E-state index is 12.5. The Bertz CT molecular complexity index is 1000. The van der Waals surface area contributed by atoms with Crippen molar-refractivity contribution in [3.8, 4) is 11.3 Å². The van der Waals surface area contributed by atoms with Crippen LogP contribution in [0.5, 0.6) is 0 Å². The van der Waals surface area contributed by atoms with Gasteiger partial charge in [-0.25, -0.2) is 0 Å². The second-order valence-electron chi connectivity index (χ2n) is 6.93. The molecule has 2 aromatic carbocycles. The van der Waals surface area contributed by atoms with Crippen LogP contribution in [-0.2, 0) is 0 Å². The number of amides is 2. The Morgan fingerprint density at radius 1 is 1.04 bits per heavy atom. The fourth-order valence-corrected chi connectivity index (χ4v) is 3.35. The van der Waals surface area contributed by atoms with Crippen molar-refractivity contribution in [3.05, 3.63) is 71.4 Å². The minimum Gasteiger partial charge on any atom is -0.355 e. The highest BCUT2D eigenvalue weighted by Gasteiger charge is 2.20. The van der Waals surface area contributed by atoms with Crippen molar-refractivity contribution in [1.29, 1.82) is 0 Å². The highest BCUT2D eigenvalue weighted by atomic mass is 16.5. The minimum absolute atomic E-state index is 0.0440. The van der Waals surface area contributed by atoms with Crippen molar-refractivity contribution in [1.82, 2.24) is 10.1 Å². The largest absolute Gasteiger partial charge is 0.355 e. The van der Waals surface area contributed by atoms with E-state index in [0.29, 0.717) is 17.0 Å². The van der Waals surface area contributed by atoms with Gasteiger partial charge in [0.2, 0.25) is 0 Å². The number of likely N-dealkylation sites (tertiary alicyclic amines) is 1. The molecule has 28 heavy (non-hydrogen) atoms. The van der Waals surface area contributed by atoms with E-state index >= 15 is 0 Å². The van der Waals surface area contributed by atoms with Gasteiger partial charge in [0, 0.05) is 36.0 Å². The van der Waals surface area contributed by atoms with Gasteiger partial charge < -0.3 is 14.7 Å². The third-order valence-corrected chi connectivity index (χ3v) is 4.92. The SMILES string of the molecule is Cc1cc(C(=O)N2CCCC2)ccc1NC(=O)c1cc(-c2ccccc2)on1. The van der Waals surface area contributed by atoms with Gasteiger partial charge >= 0.3 is 0 Å². The summed E-state index contributed by atoms with van der Waals surface area (Å²) in [5.41, 5.74) is 3.17. The van der Waals surface area contributed by atoms with Gasteiger partial charge in [0.1, 0.15) is 0 Å². The smallest absolute Gasteiger partial charge is 0.277 e. The molecule has 0 radical (unpaired) electrons. The van der Waals surface area contributed by atoms with Crippen molar-refractivity contribution in [2.24, 2.45) is 0 Å². The van der Waals surface area contributed by atoms with Crippen molar-refractivity contribution >= 4 is 17.5 Å². The van der Waals surface area contributed by atoms with Gasteiger partial charge in [-0.15, -0.1) is 0 Å². The molecule has 3 aromatic rings. The number of hydrogen-bond donors (Lipinski definition) is 1. The van der Waals surface area contributed by atoms with Crippen LogP contribution in [0.4, 0.5) is 5.69 Å². The van der Waals surface area contributed by atoms with E-state index in [-0.39, 0.29) is 17.5 Å². The molecule has 0 spiro atoms. The van der Waals surface area contributed by atoms with Gasteiger partial charge in [-0.05, 0) is 43.5 Å². The topological polar surface area (TPSA) is 75.4 Å². The summed E-state index contributed by atoms with van der Waals surface area (Å²) < 4.78 is 5.29. The van der Waals surface area contributed by atoms with E-state index in [4.69, 9.17) is 4.52 Å². The number of aryl methyl sites for hydroxylation is 1. The minimum atomic E-state index is -0.354. The molecule has 0 unspecified atom stereocenters. The van der Waals surface area contributed by atoms with Gasteiger partial charge in [-0.2, -0.15) is 0 Å². The molecule has 1 fully saturated rings. The van der Waals surface area contributed by atoms with E-state index in [1.807, 2.05) is 48.2 Å². The summed E-state index contributed by atoms with van der Waals surface area (Å²) in [4.78, 5) is 26.9. The normalized spacial score (nSPS) is 13.5. The quantitative estimate of drug-likeness (QED) is 0.744. The Labute approximate surface area is 163 Å². The molecule has 1 aromatic heterocycles. The first-order valence-corrected chi connectivity index (χ1v) is 9.35. The number of rotatable bonds is 4. The molecule has 1 aliphatic rings. The molecule has 0 aliphatic carbocycles. The van der Waals surface area contributed by atoms with E-state index in [1.54, 1.807) is 18.2 Å². The van der Waals surface area contributed by atoms with Crippen LogP contribution in [0.25, 0.3) is 11.3 Å². The molecule has 1 aliphatic heterocycles. The molecular weight excluding hydrogens is 354 g/mol. The number of anilines is 1. The zero-order valence-electron chi connectivity index (χ0n) is 15.6. The first kappa shape index (κ1) is 18.0. The van der Waals surface area contributed by atoms with Crippen LogP contribution < -0.4 is 5.32 Å². The number of carbonyl (C=O) groups excluding carboxylic acids is 2. The number of nitrogens with one attached hydrogen (secondary N) is 1. The van der Waals surface area contributed by atoms with Crippen LogP contribution in [0.15, 0.2) is 59.1 Å². The third-order valence-electron chi connectivity index (χ3n) is 4.92. The molecule has 6 heteroatoms. The predicted octanol–water partition coefficient (Wildman–Crippen LogP) is 4.14. The van der Waals surface area contributed by atoms with Gasteiger partial charge in [0.25, 0.3) is 11.8 Å². The van der Waals surface area contributed by atoms with Crippen molar-refractivity contribution in [2.45, 2.75) is 19.8 Å². The van der Waals surface area contributed by atoms with Crippen LogP contribution in [-0.4, -0.2) is 35.0 Å². The third kappa shape index (κ3) is 3.67. The number of nitrogens with zero attached hydrogens (tertiary/aromatic N) is 2. The van der Waals surface area contributed by atoms with E-state index in [1.165, 1.54) is 0 Å². The van der Waals surface area contributed by atoms with Crippen molar-refractivity contribution in [3.63, 3.8) is 0 Å². The highest BCUT2D eigenvalue weighted by Crippen LogP contribution is 2.22. The van der Waals surface area contributed by atoms with Crippen LogP contribution >= 0.6 is 0 Å². The van der Waals surface area contributed by atoms with Gasteiger partial charge in [0.15, 0.2) is 11.5 Å². The predicted molar refractivity (Wildman–Crippen MR) is 106 cm³/mol. The van der Waals surface area contributed by atoms with Crippen molar-refractivity contribution < 1.29 is 14.1 Å². The molecule has 142 valence electrons. The van der Waals surface area contributed by atoms with Gasteiger partial charge in [0.05, 0.1) is 0 Å². The van der Waals surface area contributed by atoms with Gasteiger partial charge in [-0.1, -0.05) is 35.5 Å². The lowest BCUT2D eigenvalue weighted by Gasteiger charge is -2.16. The molecule has 1 N–H and O–H groups in total. The Morgan fingerprint density at radius 2 is 1.79 bits per heavy atom. The fourth-order valence-electron chi connectivity index (χ4n) is 3.35. The highest BCUT2D eigenvalue weighted by molar-refractivity contribution is 6.04. The molecule has 2 amide bonds. The molecule has 0 bridgehead atoms. The van der Waals surface area contributed by atoms with Crippen LogP contribution in [0.1, 0.15) is 39.3 Å². The summed E-state index contributed by atoms with van der Waals surface area (Å²) in [7, 11) is 0. The molecule has 6 nitrogen and oxygen atoms in total. The summed E-state index contributed by atoms with van der Waals surface area (Å²) in [5, 5.41) is 6.71. The Hall–Kier alpha value is -3.41. The van der Waals surface area contributed by atoms with E-state index in [2.05, 4.69) is 10.5 Å². The second-order valence-corrected chi connectivity index (χ2v) is 6.93. The lowest BCUT2D eigenvalue weighted by Crippen LogP contribution is -2.27. The summed E-state index contributed by atoms with van der Waals surface area (Å²) in [6, 6.07) is 16.4. The first-order chi connectivity index (χ1) is 13.6. The molecule has 0 atom stereocenters. The summed E-state index contributed by atoms with van der Waals surface area (Å²) >= 11 is 0. The monoisotopic (exact) mass is 375 g/mol. The van der Waals surface area contributed by atoms with Crippen LogP contribution in [0, 0.1) is 6.92 Å². The zero-order chi connectivity index (χ0) is 19.5. The number of benzene rings is 2. The second kappa shape index (κ2) is 7.68. The molecular formula is C22H21N3O3. The van der Waals surface area contributed by atoms with E-state index in [0.717, 1.165) is 37.1 Å². The molecule has 4 rings (SSSR count). The maximum atomic E-state index is 12.5. The lowest BCUT2D eigenvalue weighted by atomic mass is 10.1. The number of aromatic nitrogens is 1. The summed E-state index contributed by atoms with van der Waals surface area (Å²) in [6.07, 6.45) is 2.11. The van der Waals surface area contributed by atoms with Gasteiger partial charge in [-0.3, -0.25) is 9.59 Å². The number of hydrogen-bond acceptors (Lipinski definition) is 4. The number of carbonyl (C=O) groups is 2. The zero-order valence-corrected chi connectivity index (χ0v) is 15.6. The maximum Gasteiger partial charge on any atom is 0.277 e. The molecule has 1 saturated heterocycles. The first-order valence-electron chi connectivity index (χ1n) is 9.35.